The van der Waals surface area contributed by atoms with E-state index >= 15 is 0 Å². The Morgan fingerprint density at radius 2 is 2.10 bits per heavy atom. The quantitative estimate of drug-likeness (QED) is 0.402. The summed E-state index contributed by atoms with van der Waals surface area (Å²) in [5.41, 5.74) is 0. The zero-order chi connectivity index (χ0) is 7.33. The zero-order valence-corrected chi connectivity index (χ0v) is 10.1. The van der Waals surface area contributed by atoms with Crippen LogP contribution in [0.5, 0.6) is 0 Å². The first-order valence-corrected chi connectivity index (χ1v) is 3.87. The van der Waals surface area contributed by atoms with Crippen LogP contribution in [-0.4, -0.2) is 80.1 Å². The van der Waals surface area contributed by atoms with Crippen molar-refractivity contribution in [3.8, 4) is 0 Å². The number of rotatable bonds is 4. The Kier molecular flexibility index (Phi) is 10.00. The fourth-order valence-electron chi connectivity index (χ4n) is 0.286. The van der Waals surface area contributed by atoms with Crippen LogP contribution in [-0.2, 0) is 14.9 Å². The van der Waals surface area contributed by atoms with Crippen LogP contribution in [0.2, 0.25) is 0 Å². The molecule has 0 amide bonds. The third-order valence-electron chi connectivity index (χ3n) is 0.609. The first-order chi connectivity index (χ1) is 4.06. The number of nitrogens with one attached hydrogen (secondary N) is 1. The maximum absolute atomic E-state index is 10.1. The fraction of sp³-hybridized carbons (Fsp3) is 1.00. The zero-order valence-electron chi connectivity index (χ0n) is 6.12. The van der Waals surface area contributed by atoms with E-state index < -0.39 is 10.2 Å². The van der Waals surface area contributed by atoms with Crippen molar-refractivity contribution >= 4 is 61.6 Å². The molecular formula is C3H10KN2O3S. The Balaban J connectivity index is 0. The minimum Gasteiger partial charge on any atom is -0.383 e. The molecule has 0 spiro atoms. The minimum atomic E-state index is -3.53. The van der Waals surface area contributed by atoms with Gasteiger partial charge in [-0.05, 0) is 0 Å². The van der Waals surface area contributed by atoms with E-state index in [1.165, 1.54) is 7.11 Å². The topological polar surface area (TPSA) is 81.4 Å². The van der Waals surface area contributed by atoms with Gasteiger partial charge in [0.25, 0.3) is 10.2 Å². The molecule has 0 aromatic heterocycles. The van der Waals surface area contributed by atoms with Gasteiger partial charge in [-0.3, -0.25) is 0 Å². The van der Waals surface area contributed by atoms with E-state index in [9.17, 15) is 8.42 Å². The molecule has 57 valence electrons. The molecule has 0 aromatic carbocycles. The van der Waals surface area contributed by atoms with E-state index in [2.05, 4.69) is 9.88 Å². The summed E-state index contributed by atoms with van der Waals surface area (Å²) in [6, 6.07) is 0. The third kappa shape index (κ3) is 12.2. The predicted molar refractivity (Wildman–Crippen MR) is 38.7 cm³/mol. The summed E-state index contributed by atoms with van der Waals surface area (Å²) in [6.07, 6.45) is 0. The van der Waals surface area contributed by atoms with Crippen molar-refractivity contribution in [2.24, 2.45) is 5.14 Å². The van der Waals surface area contributed by atoms with Crippen LogP contribution < -0.4 is 9.86 Å². The normalized spacial score (nSPS) is 10.6. The molecule has 0 bridgehead atoms. The molecule has 0 unspecified atom stereocenters. The summed E-state index contributed by atoms with van der Waals surface area (Å²) in [5, 5.41) is 4.58. The maximum Gasteiger partial charge on any atom is 0.274 e. The molecule has 0 heterocycles. The van der Waals surface area contributed by atoms with Crippen LogP contribution in [0.25, 0.3) is 0 Å². The molecule has 1 radical (unpaired) electrons. The van der Waals surface area contributed by atoms with Gasteiger partial charge in [0.05, 0.1) is 6.61 Å². The van der Waals surface area contributed by atoms with Gasteiger partial charge in [0.2, 0.25) is 0 Å². The van der Waals surface area contributed by atoms with Crippen LogP contribution in [0.3, 0.4) is 0 Å². The Hall–Kier alpha value is 1.47. The SMILES string of the molecule is COCCNS(N)(=O)=O.[K]. The summed E-state index contributed by atoms with van der Waals surface area (Å²) < 4.78 is 26.8. The van der Waals surface area contributed by atoms with Gasteiger partial charge in [0.15, 0.2) is 0 Å². The van der Waals surface area contributed by atoms with Crippen molar-refractivity contribution in [3.05, 3.63) is 0 Å². The van der Waals surface area contributed by atoms with Crippen LogP contribution in [0.4, 0.5) is 0 Å². The molecule has 0 aromatic rings. The van der Waals surface area contributed by atoms with E-state index in [0.717, 1.165) is 0 Å². The summed E-state index contributed by atoms with van der Waals surface area (Å²) in [4.78, 5) is 0. The van der Waals surface area contributed by atoms with Crippen molar-refractivity contribution in [3.63, 3.8) is 0 Å². The average Bonchev–Trinajstić information content (AvgIpc) is 1.63. The van der Waals surface area contributed by atoms with Gasteiger partial charge < -0.3 is 4.74 Å². The average molecular weight is 193 g/mol. The second-order valence-electron chi connectivity index (χ2n) is 1.43. The maximum atomic E-state index is 10.1. The van der Waals surface area contributed by atoms with Gasteiger partial charge in [-0.25, -0.2) is 9.86 Å². The molecule has 0 aliphatic heterocycles. The molecule has 0 aliphatic carbocycles. The van der Waals surface area contributed by atoms with Crippen molar-refractivity contribution in [1.29, 1.82) is 0 Å². The molecular weight excluding hydrogens is 183 g/mol. The molecule has 0 rings (SSSR count). The summed E-state index contributed by atoms with van der Waals surface area (Å²) in [7, 11) is -2.05. The monoisotopic (exact) mass is 193 g/mol. The molecule has 0 aliphatic rings. The smallest absolute Gasteiger partial charge is 0.274 e. The van der Waals surface area contributed by atoms with Crippen LogP contribution in [0.15, 0.2) is 0 Å². The standard InChI is InChI=1S/C3H10N2O3S.K/c1-8-3-2-5-9(4,6)7;/h5H,2-3H2,1H3,(H2,4,6,7);. The molecule has 0 saturated heterocycles. The van der Waals surface area contributed by atoms with Gasteiger partial charge in [-0.15, -0.1) is 0 Å². The Bertz CT molecular complexity index is 157. The second kappa shape index (κ2) is 7.13. The molecule has 0 saturated carbocycles. The Morgan fingerprint density at radius 1 is 1.60 bits per heavy atom. The third-order valence-corrected chi connectivity index (χ3v) is 1.22. The Morgan fingerprint density at radius 3 is 2.40 bits per heavy atom. The van der Waals surface area contributed by atoms with E-state index in [0.29, 0.717) is 6.61 Å². The molecule has 5 nitrogen and oxygen atoms in total. The van der Waals surface area contributed by atoms with Crippen molar-refractivity contribution < 1.29 is 13.2 Å². The molecule has 0 atom stereocenters. The molecule has 0 fully saturated rings. The summed E-state index contributed by atoms with van der Waals surface area (Å²) in [5.74, 6) is 0. The van der Waals surface area contributed by atoms with E-state index in [1.807, 2.05) is 4.72 Å². The Labute approximate surface area is 103 Å². The first-order valence-electron chi connectivity index (χ1n) is 2.32. The van der Waals surface area contributed by atoms with E-state index in [1.54, 1.807) is 0 Å². The predicted octanol–water partition coefficient (Wildman–Crippen LogP) is -1.95. The largest absolute Gasteiger partial charge is 0.383 e. The number of methoxy groups -OCH3 is 1. The van der Waals surface area contributed by atoms with Crippen LogP contribution >= 0.6 is 0 Å². The molecule has 10 heavy (non-hydrogen) atoms. The van der Waals surface area contributed by atoms with Gasteiger partial charge in [-0.1, -0.05) is 0 Å². The number of ether oxygens (including phenoxy) is 1. The molecule has 7 heteroatoms. The summed E-state index contributed by atoms with van der Waals surface area (Å²) in [6.45, 7) is 0.547. The first kappa shape index (κ1) is 14.0. The minimum absolute atomic E-state index is 0. The second-order valence-corrected chi connectivity index (χ2v) is 2.81. The molecule has 3 N–H and O–H groups in total. The van der Waals surface area contributed by atoms with E-state index in [4.69, 9.17) is 0 Å². The van der Waals surface area contributed by atoms with Crippen molar-refractivity contribution in [1.82, 2.24) is 4.72 Å². The van der Waals surface area contributed by atoms with Gasteiger partial charge in [-0.2, -0.15) is 8.42 Å². The van der Waals surface area contributed by atoms with Crippen LogP contribution in [0, 0.1) is 0 Å². The van der Waals surface area contributed by atoms with Crippen LogP contribution in [0.1, 0.15) is 0 Å². The summed E-state index contributed by atoms with van der Waals surface area (Å²) >= 11 is 0. The van der Waals surface area contributed by atoms with E-state index in [-0.39, 0.29) is 57.9 Å². The fourth-order valence-corrected chi connectivity index (χ4v) is 0.654. The van der Waals surface area contributed by atoms with Gasteiger partial charge in [0, 0.05) is 65.0 Å². The van der Waals surface area contributed by atoms with Gasteiger partial charge >= 0.3 is 0 Å². The van der Waals surface area contributed by atoms with Crippen molar-refractivity contribution in [2.75, 3.05) is 20.3 Å². The van der Waals surface area contributed by atoms with Crippen molar-refractivity contribution in [2.45, 2.75) is 0 Å². The number of hydrogen-bond donors (Lipinski definition) is 2. The number of nitrogens with two attached hydrogens (primary N) is 1. The van der Waals surface area contributed by atoms with Gasteiger partial charge in [0.1, 0.15) is 0 Å². The number of hydrogen-bond acceptors (Lipinski definition) is 3.